The van der Waals surface area contributed by atoms with Crippen LogP contribution in [0.5, 0.6) is 0 Å². The van der Waals surface area contributed by atoms with Crippen molar-refractivity contribution in [2.75, 3.05) is 26.7 Å². The molecule has 0 radical (unpaired) electrons. The van der Waals surface area contributed by atoms with Gasteiger partial charge in [-0.15, -0.1) is 0 Å². The molecule has 1 aliphatic rings. The van der Waals surface area contributed by atoms with Crippen molar-refractivity contribution in [2.24, 2.45) is 0 Å². The summed E-state index contributed by atoms with van der Waals surface area (Å²) in [7, 11) is 1.52. The second-order valence-corrected chi connectivity index (χ2v) is 3.06. The van der Waals surface area contributed by atoms with Crippen LogP contribution in [0.15, 0.2) is 0 Å². The molecule has 1 rings (SSSR count). The molecular weight excluding hydrogens is 185 g/mol. The molecule has 0 spiro atoms. The fourth-order valence-corrected chi connectivity index (χ4v) is 1.29. The van der Waals surface area contributed by atoms with Gasteiger partial charge in [-0.1, -0.05) is 0 Å². The number of hydrogen-bond acceptors (Lipinski definition) is 3. The van der Waals surface area contributed by atoms with Gasteiger partial charge in [0, 0.05) is 19.6 Å². The van der Waals surface area contributed by atoms with Crippen molar-refractivity contribution in [1.29, 1.82) is 0 Å². The van der Waals surface area contributed by atoms with Crippen LogP contribution < -0.4 is 5.32 Å². The molecule has 0 saturated carbocycles. The Morgan fingerprint density at radius 1 is 1.54 bits per heavy atom. The zero-order chi connectivity index (χ0) is 10.1. The first-order valence-corrected chi connectivity index (χ1v) is 3.95. The fraction of sp³-hybridized carbons (Fsp3) is 0.857. The van der Waals surface area contributed by atoms with Crippen molar-refractivity contribution in [1.82, 2.24) is 10.2 Å². The van der Waals surface area contributed by atoms with Gasteiger partial charge in [0.05, 0.1) is 6.04 Å². The Labute approximate surface area is 73.9 Å². The van der Waals surface area contributed by atoms with E-state index in [0.29, 0.717) is 13.1 Å². The van der Waals surface area contributed by atoms with E-state index in [1.807, 2.05) is 0 Å². The van der Waals surface area contributed by atoms with Crippen LogP contribution in [0, 0.1) is 0 Å². The van der Waals surface area contributed by atoms with Gasteiger partial charge in [0.25, 0.3) is 5.78 Å². The third-order valence-electron chi connectivity index (χ3n) is 2.09. The van der Waals surface area contributed by atoms with Crippen molar-refractivity contribution < 1.29 is 18.0 Å². The van der Waals surface area contributed by atoms with E-state index in [2.05, 4.69) is 5.32 Å². The van der Waals surface area contributed by atoms with Gasteiger partial charge in [-0.05, 0) is 7.05 Å². The topological polar surface area (TPSA) is 32.3 Å². The lowest BCUT2D eigenvalue weighted by Gasteiger charge is -2.32. The minimum Gasteiger partial charge on any atom is -0.313 e. The third-order valence-corrected chi connectivity index (χ3v) is 2.09. The van der Waals surface area contributed by atoms with E-state index in [4.69, 9.17) is 0 Å². The van der Waals surface area contributed by atoms with Crippen molar-refractivity contribution >= 4 is 5.78 Å². The van der Waals surface area contributed by atoms with E-state index in [1.165, 1.54) is 11.9 Å². The Morgan fingerprint density at radius 2 is 2.15 bits per heavy atom. The number of halogens is 3. The van der Waals surface area contributed by atoms with E-state index in [9.17, 15) is 18.0 Å². The Hall–Kier alpha value is -0.620. The summed E-state index contributed by atoms with van der Waals surface area (Å²) in [6.45, 7) is 1.17. The minimum absolute atomic E-state index is 0.0782. The smallest absolute Gasteiger partial charge is 0.313 e. The molecule has 0 aromatic rings. The Kier molecular flexibility index (Phi) is 2.92. The Morgan fingerprint density at radius 3 is 2.62 bits per heavy atom. The molecule has 0 aliphatic carbocycles. The molecule has 1 atom stereocenters. The number of Topliss-reactive ketones (excluding diaryl/α,β-unsaturated/α-hetero) is 1. The van der Waals surface area contributed by atoms with E-state index < -0.39 is 18.0 Å². The Balaban J connectivity index is 2.64. The van der Waals surface area contributed by atoms with E-state index in [0.717, 1.165) is 0 Å². The predicted octanol–water partition coefficient (Wildman–Crippen LogP) is 0.0214. The van der Waals surface area contributed by atoms with Gasteiger partial charge in [-0.25, -0.2) is 0 Å². The number of piperazine rings is 1. The molecule has 1 heterocycles. The predicted molar refractivity (Wildman–Crippen MR) is 40.3 cm³/mol. The van der Waals surface area contributed by atoms with Crippen LogP contribution in [0.3, 0.4) is 0 Å². The van der Waals surface area contributed by atoms with Gasteiger partial charge in [0.1, 0.15) is 0 Å². The molecule has 0 amide bonds. The van der Waals surface area contributed by atoms with Crippen molar-refractivity contribution in [3.63, 3.8) is 0 Å². The lowest BCUT2D eigenvalue weighted by molar-refractivity contribution is -0.176. The monoisotopic (exact) mass is 196 g/mol. The standard InChI is InChI=1S/C7H11F3N2O/c1-12-3-2-11-4-5(12)6(13)7(8,9)10/h5,11H,2-4H2,1H3. The van der Waals surface area contributed by atoms with Crippen molar-refractivity contribution in [3.05, 3.63) is 0 Å². The summed E-state index contributed by atoms with van der Waals surface area (Å²) in [6.07, 6.45) is -4.72. The largest absolute Gasteiger partial charge is 0.451 e. The molecule has 1 unspecified atom stereocenters. The summed E-state index contributed by atoms with van der Waals surface area (Å²) in [5.41, 5.74) is 0. The molecule has 1 fully saturated rings. The summed E-state index contributed by atoms with van der Waals surface area (Å²) in [5.74, 6) is -1.66. The molecule has 76 valence electrons. The van der Waals surface area contributed by atoms with Gasteiger partial charge in [-0.3, -0.25) is 9.69 Å². The lowest BCUT2D eigenvalue weighted by atomic mass is 10.1. The van der Waals surface area contributed by atoms with Gasteiger partial charge < -0.3 is 5.32 Å². The zero-order valence-corrected chi connectivity index (χ0v) is 7.19. The SMILES string of the molecule is CN1CCNCC1C(=O)C(F)(F)F. The number of nitrogens with zero attached hydrogens (tertiary/aromatic N) is 1. The maximum atomic E-state index is 12.0. The van der Waals surface area contributed by atoms with Gasteiger partial charge in [0.15, 0.2) is 0 Å². The number of hydrogen-bond donors (Lipinski definition) is 1. The minimum atomic E-state index is -4.72. The summed E-state index contributed by atoms with van der Waals surface area (Å²) in [6, 6.07) is -1.06. The van der Waals surface area contributed by atoms with Crippen LogP contribution in [0.2, 0.25) is 0 Å². The van der Waals surface area contributed by atoms with E-state index in [1.54, 1.807) is 0 Å². The molecule has 6 heteroatoms. The first-order chi connectivity index (χ1) is 5.93. The third kappa shape index (κ3) is 2.41. The van der Waals surface area contributed by atoms with Crippen LogP contribution >= 0.6 is 0 Å². The van der Waals surface area contributed by atoms with Crippen LogP contribution in [-0.2, 0) is 4.79 Å². The first-order valence-electron chi connectivity index (χ1n) is 3.95. The number of nitrogens with one attached hydrogen (secondary N) is 1. The highest BCUT2D eigenvalue weighted by atomic mass is 19.4. The van der Waals surface area contributed by atoms with E-state index >= 15 is 0 Å². The lowest BCUT2D eigenvalue weighted by Crippen LogP contribution is -2.56. The van der Waals surface area contributed by atoms with Gasteiger partial charge in [-0.2, -0.15) is 13.2 Å². The molecule has 1 aliphatic heterocycles. The van der Waals surface area contributed by atoms with Crippen molar-refractivity contribution in [2.45, 2.75) is 12.2 Å². The van der Waals surface area contributed by atoms with Crippen LogP contribution in [0.4, 0.5) is 13.2 Å². The number of likely N-dealkylation sites (N-methyl/N-ethyl adjacent to an activating group) is 1. The van der Waals surface area contributed by atoms with Crippen molar-refractivity contribution in [3.8, 4) is 0 Å². The second-order valence-electron chi connectivity index (χ2n) is 3.06. The average Bonchev–Trinajstić information content (AvgIpc) is 2.02. The number of carbonyl (C=O) groups excluding carboxylic acids is 1. The van der Waals surface area contributed by atoms with E-state index in [-0.39, 0.29) is 6.54 Å². The summed E-state index contributed by atoms with van der Waals surface area (Å²) >= 11 is 0. The highest BCUT2D eigenvalue weighted by Gasteiger charge is 2.45. The maximum Gasteiger partial charge on any atom is 0.451 e. The average molecular weight is 196 g/mol. The maximum absolute atomic E-state index is 12.0. The molecule has 0 aromatic heterocycles. The van der Waals surface area contributed by atoms with Gasteiger partial charge >= 0.3 is 6.18 Å². The molecule has 1 N–H and O–H groups in total. The fourth-order valence-electron chi connectivity index (χ4n) is 1.29. The molecular formula is C7H11F3N2O. The number of rotatable bonds is 1. The number of ketones is 1. The number of alkyl halides is 3. The summed E-state index contributed by atoms with van der Waals surface area (Å²) < 4.78 is 36.0. The van der Waals surface area contributed by atoms with Crippen LogP contribution in [0.1, 0.15) is 0 Å². The molecule has 0 bridgehead atoms. The molecule has 0 aromatic carbocycles. The number of carbonyl (C=O) groups is 1. The second kappa shape index (κ2) is 3.63. The molecule has 3 nitrogen and oxygen atoms in total. The van der Waals surface area contributed by atoms with Gasteiger partial charge in [0.2, 0.25) is 0 Å². The first kappa shape index (κ1) is 10.5. The zero-order valence-electron chi connectivity index (χ0n) is 7.19. The summed E-state index contributed by atoms with van der Waals surface area (Å²) in [4.78, 5) is 12.2. The molecule has 13 heavy (non-hydrogen) atoms. The summed E-state index contributed by atoms with van der Waals surface area (Å²) in [5, 5.41) is 2.76. The quantitative estimate of drug-likeness (QED) is 0.641. The highest BCUT2D eigenvalue weighted by Crippen LogP contribution is 2.20. The van der Waals surface area contributed by atoms with Crippen LogP contribution in [-0.4, -0.2) is 49.6 Å². The highest BCUT2D eigenvalue weighted by molar-refractivity contribution is 5.89. The normalized spacial score (nSPS) is 26.0. The molecule has 1 saturated heterocycles. The Bertz CT molecular complexity index is 204. The van der Waals surface area contributed by atoms with Crippen LogP contribution in [0.25, 0.3) is 0 Å².